The number of hydrogen-bond donors (Lipinski definition) is 2. The number of pyridine rings is 1. The SMILES string of the molecule is CCOC1CCN(c2nc(C)cc(C)c2/C(N)=N/O)CC1. The number of nitrogens with two attached hydrogens (primary N) is 1. The predicted octanol–water partition coefficient (Wildman–Crippen LogP) is 1.80. The van der Waals surface area contributed by atoms with Crippen LogP contribution in [0.3, 0.4) is 0 Å². The van der Waals surface area contributed by atoms with E-state index < -0.39 is 0 Å². The Bertz CT molecular complexity index is 523. The third-order valence-corrected chi connectivity index (χ3v) is 3.83. The summed E-state index contributed by atoms with van der Waals surface area (Å²) in [6, 6.07) is 1.95. The van der Waals surface area contributed by atoms with Crippen molar-refractivity contribution in [3.05, 3.63) is 22.9 Å². The molecule has 1 aliphatic rings. The molecule has 116 valence electrons. The first-order valence-corrected chi connectivity index (χ1v) is 7.39. The second-order valence-corrected chi connectivity index (χ2v) is 5.41. The van der Waals surface area contributed by atoms with E-state index in [-0.39, 0.29) is 5.84 Å². The zero-order valence-electron chi connectivity index (χ0n) is 13.0. The van der Waals surface area contributed by atoms with Gasteiger partial charge in [-0.05, 0) is 45.2 Å². The highest BCUT2D eigenvalue weighted by Crippen LogP contribution is 2.26. The number of aromatic nitrogens is 1. The van der Waals surface area contributed by atoms with Crippen LogP contribution < -0.4 is 10.6 Å². The molecule has 21 heavy (non-hydrogen) atoms. The molecule has 3 N–H and O–H groups in total. The number of ether oxygens (including phenoxy) is 1. The van der Waals surface area contributed by atoms with Gasteiger partial charge >= 0.3 is 0 Å². The van der Waals surface area contributed by atoms with E-state index in [2.05, 4.69) is 15.0 Å². The van der Waals surface area contributed by atoms with Gasteiger partial charge in [-0.1, -0.05) is 5.16 Å². The lowest BCUT2D eigenvalue weighted by Gasteiger charge is -2.34. The molecule has 0 aromatic carbocycles. The van der Waals surface area contributed by atoms with Crippen molar-refractivity contribution >= 4 is 11.7 Å². The number of amidine groups is 1. The molecule has 1 aliphatic heterocycles. The number of anilines is 1. The Morgan fingerprint density at radius 2 is 2.14 bits per heavy atom. The minimum absolute atomic E-state index is 0.113. The highest BCUT2D eigenvalue weighted by Gasteiger charge is 2.24. The van der Waals surface area contributed by atoms with Crippen LogP contribution in [-0.4, -0.2) is 41.8 Å². The molecule has 0 spiro atoms. The van der Waals surface area contributed by atoms with Crippen LogP contribution in [0.25, 0.3) is 0 Å². The van der Waals surface area contributed by atoms with E-state index in [0.717, 1.165) is 55.2 Å². The number of aryl methyl sites for hydroxylation is 2. The monoisotopic (exact) mass is 292 g/mol. The molecule has 0 amide bonds. The average Bonchev–Trinajstić information content (AvgIpc) is 2.47. The summed E-state index contributed by atoms with van der Waals surface area (Å²) in [5.41, 5.74) is 8.46. The molecule has 0 radical (unpaired) electrons. The molecule has 2 rings (SSSR count). The van der Waals surface area contributed by atoms with E-state index in [4.69, 9.17) is 15.7 Å². The van der Waals surface area contributed by atoms with Gasteiger partial charge in [0.25, 0.3) is 0 Å². The molecule has 6 nitrogen and oxygen atoms in total. The zero-order valence-corrected chi connectivity index (χ0v) is 13.0. The third-order valence-electron chi connectivity index (χ3n) is 3.83. The topological polar surface area (TPSA) is 84.0 Å². The Balaban J connectivity index is 2.27. The summed E-state index contributed by atoms with van der Waals surface area (Å²) in [5.74, 6) is 0.916. The molecule has 1 saturated heterocycles. The van der Waals surface area contributed by atoms with Crippen LogP contribution in [0.4, 0.5) is 5.82 Å². The van der Waals surface area contributed by atoms with Crippen LogP contribution in [-0.2, 0) is 4.74 Å². The van der Waals surface area contributed by atoms with E-state index in [1.54, 1.807) is 0 Å². The van der Waals surface area contributed by atoms with Crippen molar-refractivity contribution in [1.82, 2.24) is 4.98 Å². The van der Waals surface area contributed by atoms with Crippen molar-refractivity contribution in [3.63, 3.8) is 0 Å². The molecular formula is C15H24N4O2. The van der Waals surface area contributed by atoms with E-state index in [9.17, 15) is 0 Å². The van der Waals surface area contributed by atoms with Gasteiger partial charge in [-0.3, -0.25) is 0 Å². The molecule has 6 heteroatoms. The normalized spacial score (nSPS) is 17.3. The summed E-state index contributed by atoms with van der Waals surface area (Å²) in [4.78, 5) is 6.81. The number of rotatable bonds is 4. The van der Waals surface area contributed by atoms with Gasteiger partial charge in [-0.15, -0.1) is 0 Å². The summed E-state index contributed by atoms with van der Waals surface area (Å²) in [6.45, 7) is 8.42. The fraction of sp³-hybridized carbons (Fsp3) is 0.600. The standard InChI is InChI=1S/C15H24N4O2/c1-4-21-12-5-7-19(8-6-12)15-13(14(16)18-20)10(2)9-11(3)17-15/h9,12,20H,4-8H2,1-3H3,(H2,16,18). The number of piperidine rings is 1. The lowest BCUT2D eigenvalue weighted by atomic mass is 10.0. The van der Waals surface area contributed by atoms with Gasteiger partial charge in [0.05, 0.1) is 11.7 Å². The van der Waals surface area contributed by atoms with Gasteiger partial charge in [-0.25, -0.2) is 4.98 Å². The third kappa shape index (κ3) is 3.44. The van der Waals surface area contributed by atoms with E-state index >= 15 is 0 Å². The van der Waals surface area contributed by atoms with Gasteiger partial charge in [0.2, 0.25) is 0 Å². The Morgan fingerprint density at radius 3 is 2.71 bits per heavy atom. The van der Waals surface area contributed by atoms with E-state index in [1.807, 2.05) is 26.8 Å². The highest BCUT2D eigenvalue weighted by atomic mass is 16.5. The van der Waals surface area contributed by atoms with Crippen molar-refractivity contribution in [2.24, 2.45) is 10.9 Å². The molecule has 0 atom stereocenters. The van der Waals surface area contributed by atoms with Gasteiger partial charge in [-0.2, -0.15) is 0 Å². The first kappa shape index (κ1) is 15.6. The predicted molar refractivity (Wildman–Crippen MR) is 83.1 cm³/mol. The lowest BCUT2D eigenvalue weighted by Crippen LogP contribution is -2.39. The van der Waals surface area contributed by atoms with E-state index in [1.165, 1.54) is 0 Å². The minimum atomic E-state index is 0.113. The second kappa shape index (κ2) is 6.76. The second-order valence-electron chi connectivity index (χ2n) is 5.41. The molecule has 1 fully saturated rings. The van der Waals surface area contributed by atoms with Crippen molar-refractivity contribution < 1.29 is 9.94 Å². The fourth-order valence-corrected chi connectivity index (χ4v) is 2.88. The zero-order chi connectivity index (χ0) is 15.4. The van der Waals surface area contributed by atoms with Gasteiger partial charge in [0.15, 0.2) is 5.84 Å². The van der Waals surface area contributed by atoms with Crippen LogP contribution in [0.2, 0.25) is 0 Å². The maximum atomic E-state index is 9.01. The van der Waals surface area contributed by atoms with Crippen molar-refractivity contribution in [2.75, 3.05) is 24.6 Å². The van der Waals surface area contributed by atoms with E-state index in [0.29, 0.717) is 6.10 Å². The molecule has 2 heterocycles. The molecule has 1 aromatic heterocycles. The van der Waals surface area contributed by atoms with Crippen molar-refractivity contribution in [1.29, 1.82) is 0 Å². The number of hydrogen-bond acceptors (Lipinski definition) is 5. The Hall–Kier alpha value is -1.82. The van der Waals surface area contributed by atoms with Crippen LogP contribution in [0.1, 0.15) is 36.6 Å². The average molecular weight is 292 g/mol. The van der Waals surface area contributed by atoms with Crippen molar-refractivity contribution in [2.45, 2.75) is 39.7 Å². The highest BCUT2D eigenvalue weighted by molar-refractivity contribution is 6.02. The number of oxime groups is 1. The van der Waals surface area contributed by atoms with Crippen LogP contribution in [0, 0.1) is 13.8 Å². The maximum absolute atomic E-state index is 9.01. The Kier molecular flexibility index (Phi) is 5.01. The molecule has 0 saturated carbocycles. The van der Waals surface area contributed by atoms with Gasteiger partial charge in [0.1, 0.15) is 5.82 Å². The first-order valence-electron chi connectivity index (χ1n) is 7.39. The Labute approximate surface area is 125 Å². The van der Waals surface area contributed by atoms with Gasteiger partial charge in [0, 0.05) is 25.4 Å². The molecule has 0 unspecified atom stereocenters. The molecule has 0 aliphatic carbocycles. The molecule has 1 aromatic rings. The van der Waals surface area contributed by atoms with Crippen LogP contribution in [0.15, 0.2) is 11.2 Å². The maximum Gasteiger partial charge on any atom is 0.174 e. The summed E-state index contributed by atoms with van der Waals surface area (Å²) in [6.07, 6.45) is 2.26. The number of nitrogens with zero attached hydrogens (tertiary/aromatic N) is 3. The van der Waals surface area contributed by atoms with Gasteiger partial charge < -0.3 is 20.6 Å². The summed E-state index contributed by atoms with van der Waals surface area (Å²) in [5, 5.41) is 12.2. The van der Waals surface area contributed by atoms with Crippen LogP contribution >= 0.6 is 0 Å². The molecular weight excluding hydrogens is 268 g/mol. The smallest absolute Gasteiger partial charge is 0.174 e. The summed E-state index contributed by atoms with van der Waals surface area (Å²) >= 11 is 0. The first-order chi connectivity index (χ1) is 10.1. The quantitative estimate of drug-likeness (QED) is 0.382. The minimum Gasteiger partial charge on any atom is -0.409 e. The van der Waals surface area contributed by atoms with Crippen molar-refractivity contribution in [3.8, 4) is 0 Å². The summed E-state index contributed by atoms with van der Waals surface area (Å²) in [7, 11) is 0. The molecule has 0 bridgehead atoms. The largest absolute Gasteiger partial charge is 0.409 e. The fourth-order valence-electron chi connectivity index (χ4n) is 2.88. The summed E-state index contributed by atoms with van der Waals surface area (Å²) < 4.78 is 5.68. The lowest BCUT2D eigenvalue weighted by molar-refractivity contribution is 0.0458. The Morgan fingerprint density at radius 1 is 1.48 bits per heavy atom. The van der Waals surface area contributed by atoms with Crippen LogP contribution in [0.5, 0.6) is 0 Å².